The summed E-state index contributed by atoms with van der Waals surface area (Å²) in [5, 5.41) is 0. The van der Waals surface area contributed by atoms with Crippen LogP contribution >= 0.6 is 15.9 Å². The van der Waals surface area contributed by atoms with Crippen molar-refractivity contribution in [1.82, 2.24) is 4.90 Å². The summed E-state index contributed by atoms with van der Waals surface area (Å²) >= 11 is 3.05. The number of halogens is 4. The first kappa shape index (κ1) is 15.2. The van der Waals surface area contributed by atoms with Crippen LogP contribution in [0.25, 0.3) is 0 Å². The van der Waals surface area contributed by atoms with Gasteiger partial charge in [-0.15, -0.1) is 0 Å². The Hall–Kier alpha value is -1.24. The minimum atomic E-state index is -4.40. The number of nitrogens with two attached hydrogens (primary N) is 1. The van der Waals surface area contributed by atoms with Gasteiger partial charge < -0.3 is 10.6 Å². The van der Waals surface area contributed by atoms with Gasteiger partial charge in [-0.3, -0.25) is 0 Å². The van der Waals surface area contributed by atoms with Gasteiger partial charge in [0, 0.05) is 17.6 Å². The Kier molecular flexibility index (Phi) is 4.27. The van der Waals surface area contributed by atoms with Crippen molar-refractivity contribution in [3.05, 3.63) is 33.8 Å². The predicted molar refractivity (Wildman–Crippen MR) is 75.3 cm³/mol. The van der Waals surface area contributed by atoms with Crippen LogP contribution in [0.15, 0.2) is 27.7 Å². The average molecular weight is 350 g/mol. The summed E-state index contributed by atoms with van der Waals surface area (Å²) in [4.78, 5) is 5.88. The molecule has 0 saturated heterocycles. The lowest BCUT2D eigenvalue weighted by Gasteiger charge is -2.17. The quantitative estimate of drug-likeness (QED) is 0.671. The Bertz CT molecular complexity index is 524. The zero-order valence-corrected chi connectivity index (χ0v) is 12.5. The van der Waals surface area contributed by atoms with Crippen LogP contribution in [0, 0.1) is 0 Å². The van der Waals surface area contributed by atoms with Crippen molar-refractivity contribution < 1.29 is 13.2 Å². The summed E-state index contributed by atoms with van der Waals surface area (Å²) in [6.45, 7) is -0.0784. The van der Waals surface area contributed by atoms with Crippen molar-refractivity contribution in [2.75, 3.05) is 7.05 Å². The molecule has 1 aromatic rings. The van der Waals surface area contributed by atoms with Gasteiger partial charge in [-0.25, -0.2) is 4.99 Å². The lowest BCUT2D eigenvalue weighted by Crippen LogP contribution is -2.35. The van der Waals surface area contributed by atoms with Crippen LogP contribution in [0.3, 0.4) is 0 Å². The molecule has 1 fully saturated rings. The van der Waals surface area contributed by atoms with Crippen molar-refractivity contribution in [2.45, 2.75) is 31.6 Å². The summed E-state index contributed by atoms with van der Waals surface area (Å²) in [5.74, 6) is 0.281. The van der Waals surface area contributed by atoms with E-state index < -0.39 is 11.7 Å². The second-order valence-corrected chi connectivity index (χ2v) is 5.73. The molecule has 7 heteroatoms. The maximum Gasteiger partial charge on any atom is 0.416 e. The van der Waals surface area contributed by atoms with Crippen molar-refractivity contribution in [3.8, 4) is 0 Å². The number of guanidine groups is 1. The van der Waals surface area contributed by atoms with Crippen molar-refractivity contribution in [2.24, 2.45) is 10.7 Å². The van der Waals surface area contributed by atoms with E-state index in [4.69, 9.17) is 5.73 Å². The van der Waals surface area contributed by atoms with E-state index >= 15 is 0 Å². The van der Waals surface area contributed by atoms with Gasteiger partial charge in [-0.1, -0.05) is 22.0 Å². The maximum atomic E-state index is 12.9. The zero-order valence-electron chi connectivity index (χ0n) is 10.9. The van der Waals surface area contributed by atoms with Crippen molar-refractivity contribution >= 4 is 21.9 Å². The third-order valence-electron chi connectivity index (χ3n) is 3.24. The van der Waals surface area contributed by atoms with Crippen LogP contribution in [0.5, 0.6) is 0 Å². The third kappa shape index (κ3) is 3.65. The molecular formula is C13H15BrF3N3. The molecule has 0 spiro atoms. The highest BCUT2D eigenvalue weighted by atomic mass is 79.9. The average Bonchev–Trinajstić information content (AvgIpc) is 3.19. The lowest BCUT2D eigenvalue weighted by atomic mass is 10.1. The number of aliphatic imine (C=N–C) groups is 1. The molecule has 1 aliphatic carbocycles. The zero-order chi connectivity index (χ0) is 14.9. The van der Waals surface area contributed by atoms with Crippen LogP contribution in [-0.4, -0.2) is 23.9 Å². The highest BCUT2D eigenvalue weighted by molar-refractivity contribution is 9.10. The van der Waals surface area contributed by atoms with Gasteiger partial charge in [-0.05, 0) is 30.5 Å². The standard InChI is InChI=1S/C13H15BrF3N3/c1-20(10-4-5-10)12(18)19-7-8-2-3-9(14)6-11(8)13(15,16)17/h2-3,6,10H,4-5,7H2,1H3,(H2,18,19). The highest BCUT2D eigenvalue weighted by Crippen LogP contribution is 2.34. The molecule has 0 aliphatic heterocycles. The molecule has 2 N–H and O–H groups in total. The van der Waals surface area contributed by atoms with Gasteiger partial charge in [-0.2, -0.15) is 13.2 Å². The second-order valence-electron chi connectivity index (χ2n) is 4.82. The van der Waals surface area contributed by atoms with E-state index in [9.17, 15) is 13.2 Å². The molecule has 110 valence electrons. The third-order valence-corrected chi connectivity index (χ3v) is 3.74. The Morgan fingerprint density at radius 1 is 1.45 bits per heavy atom. The molecule has 0 atom stereocenters. The molecule has 3 nitrogen and oxygen atoms in total. The fourth-order valence-corrected chi connectivity index (χ4v) is 2.24. The van der Waals surface area contributed by atoms with E-state index in [0.29, 0.717) is 10.5 Å². The van der Waals surface area contributed by atoms with E-state index in [0.717, 1.165) is 18.9 Å². The molecule has 0 radical (unpaired) electrons. The molecule has 1 saturated carbocycles. The molecule has 1 aromatic carbocycles. The summed E-state index contributed by atoms with van der Waals surface area (Å²) in [5.41, 5.74) is 5.22. The van der Waals surface area contributed by atoms with Gasteiger partial charge in [0.05, 0.1) is 12.1 Å². The van der Waals surface area contributed by atoms with Crippen LogP contribution in [0.1, 0.15) is 24.0 Å². The van der Waals surface area contributed by atoms with E-state index in [1.54, 1.807) is 6.07 Å². The van der Waals surface area contributed by atoms with Crippen LogP contribution in [0.2, 0.25) is 0 Å². The summed E-state index contributed by atoms with van der Waals surface area (Å²) in [6, 6.07) is 4.43. The molecule has 1 aliphatic rings. The molecule has 2 rings (SSSR count). The van der Waals surface area contributed by atoms with Gasteiger partial charge in [0.1, 0.15) is 0 Å². The van der Waals surface area contributed by atoms with Crippen LogP contribution in [-0.2, 0) is 12.7 Å². The Morgan fingerprint density at radius 3 is 2.65 bits per heavy atom. The number of alkyl halides is 3. The van der Waals surface area contributed by atoms with E-state index in [2.05, 4.69) is 20.9 Å². The smallest absolute Gasteiger partial charge is 0.370 e. The van der Waals surface area contributed by atoms with Crippen LogP contribution in [0.4, 0.5) is 13.2 Å². The van der Waals surface area contributed by atoms with E-state index in [1.165, 1.54) is 6.07 Å². The molecular weight excluding hydrogens is 335 g/mol. The van der Waals surface area contributed by atoms with Gasteiger partial charge >= 0.3 is 6.18 Å². The largest absolute Gasteiger partial charge is 0.416 e. The Morgan fingerprint density at radius 2 is 2.10 bits per heavy atom. The van der Waals surface area contributed by atoms with Gasteiger partial charge in [0.2, 0.25) is 0 Å². The Labute approximate surface area is 123 Å². The maximum absolute atomic E-state index is 12.9. The highest BCUT2D eigenvalue weighted by Gasteiger charge is 2.33. The summed E-state index contributed by atoms with van der Waals surface area (Å²) in [7, 11) is 1.81. The molecule has 0 bridgehead atoms. The first-order valence-electron chi connectivity index (χ1n) is 6.17. The minimum Gasteiger partial charge on any atom is -0.370 e. The second kappa shape index (κ2) is 5.63. The number of benzene rings is 1. The molecule has 0 heterocycles. The number of rotatable bonds is 3. The lowest BCUT2D eigenvalue weighted by molar-refractivity contribution is -0.138. The minimum absolute atomic E-state index is 0.0784. The monoisotopic (exact) mass is 349 g/mol. The molecule has 0 unspecified atom stereocenters. The van der Waals surface area contributed by atoms with Gasteiger partial charge in [0.15, 0.2) is 5.96 Å². The fourth-order valence-electron chi connectivity index (χ4n) is 1.88. The van der Waals surface area contributed by atoms with Crippen molar-refractivity contribution in [1.29, 1.82) is 0 Å². The van der Waals surface area contributed by atoms with Gasteiger partial charge in [0.25, 0.3) is 0 Å². The number of hydrogen-bond acceptors (Lipinski definition) is 1. The predicted octanol–water partition coefficient (Wildman–Crippen LogP) is 3.38. The molecule has 0 aromatic heterocycles. The Balaban J connectivity index is 2.18. The SMILES string of the molecule is CN(C(N)=NCc1ccc(Br)cc1C(F)(F)F)C1CC1. The molecule has 0 amide bonds. The number of hydrogen-bond donors (Lipinski definition) is 1. The van der Waals surface area contributed by atoms with E-state index in [1.807, 2.05) is 11.9 Å². The van der Waals surface area contributed by atoms with Crippen LogP contribution < -0.4 is 5.73 Å². The first-order valence-corrected chi connectivity index (χ1v) is 6.96. The fraction of sp³-hybridized carbons (Fsp3) is 0.462. The topological polar surface area (TPSA) is 41.6 Å². The molecule has 20 heavy (non-hydrogen) atoms. The first-order chi connectivity index (χ1) is 9.29. The number of nitrogens with zero attached hydrogens (tertiary/aromatic N) is 2. The van der Waals surface area contributed by atoms with E-state index in [-0.39, 0.29) is 18.1 Å². The summed E-state index contributed by atoms with van der Waals surface area (Å²) < 4.78 is 39.2. The van der Waals surface area contributed by atoms with Crippen molar-refractivity contribution in [3.63, 3.8) is 0 Å². The summed E-state index contributed by atoms with van der Waals surface area (Å²) in [6.07, 6.45) is -2.29. The normalized spacial score (nSPS) is 16.4.